The van der Waals surface area contributed by atoms with Gasteiger partial charge in [0.05, 0.1) is 11.2 Å². The molecule has 3 rings (SSSR count). The van der Waals surface area contributed by atoms with Gasteiger partial charge in [-0.25, -0.2) is 4.98 Å². The first kappa shape index (κ1) is 19.7. The van der Waals surface area contributed by atoms with E-state index in [1.54, 1.807) is 6.20 Å². The summed E-state index contributed by atoms with van der Waals surface area (Å²) < 4.78 is 0. The third-order valence-electron chi connectivity index (χ3n) is 5.57. The van der Waals surface area contributed by atoms with Crippen molar-refractivity contribution >= 4 is 34.9 Å². The van der Waals surface area contributed by atoms with Crippen LogP contribution < -0.4 is 0 Å². The van der Waals surface area contributed by atoms with E-state index in [1.165, 1.54) is 23.5 Å². The number of fused-ring (bicyclic) bond motifs is 1. The molecule has 0 bridgehead atoms. The quantitative estimate of drug-likeness (QED) is 0.603. The minimum Gasteiger partial charge on any atom is -0.342 e. The molecule has 1 aromatic heterocycles. The smallest absolute Gasteiger partial charge is 0.265 e. The predicted molar refractivity (Wildman–Crippen MR) is 108 cm³/mol. The number of aryl methyl sites for hydroxylation is 1. The number of nitrogens with zero attached hydrogens (tertiary/aromatic N) is 3. The molecule has 2 amide bonds. The minimum atomic E-state index is 0.0771. The molecule has 0 spiro atoms. The maximum atomic E-state index is 12.6. The van der Waals surface area contributed by atoms with Crippen molar-refractivity contribution in [3.05, 3.63) is 16.1 Å². The second-order valence-electron chi connectivity index (χ2n) is 7.31. The molecule has 26 heavy (non-hydrogen) atoms. The van der Waals surface area contributed by atoms with E-state index in [0.29, 0.717) is 30.2 Å². The van der Waals surface area contributed by atoms with Gasteiger partial charge in [-0.15, -0.1) is 11.3 Å². The summed E-state index contributed by atoms with van der Waals surface area (Å²) in [5.74, 6) is 2.48. The molecule has 1 aliphatic heterocycles. The van der Waals surface area contributed by atoms with Crippen LogP contribution in [-0.4, -0.2) is 64.8 Å². The molecule has 1 unspecified atom stereocenters. The second kappa shape index (κ2) is 8.74. The topological polar surface area (TPSA) is 53.5 Å². The highest BCUT2D eigenvalue weighted by atomic mass is 32.2. The van der Waals surface area contributed by atoms with Crippen LogP contribution >= 0.6 is 23.1 Å². The van der Waals surface area contributed by atoms with Crippen molar-refractivity contribution in [2.24, 2.45) is 11.8 Å². The van der Waals surface area contributed by atoms with E-state index in [-0.39, 0.29) is 5.91 Å². The fourth-order valence-electron chi connectivity index (χ4n) is 4.01. The summed E-state index contributed by atoms with van der Waals surface area (Å²) in [6, 6.07) is 0.292. The molecule has 3 atom stereocenters. The molecular weight excluding hydrogens is 366 g/mol. The Morgan fingerprint density at radius 1 is 1.31 bits per heavy atom. The molecule has 2 heterocycles. The Morgan fingerprint density at radius 3 is 2.65 bits per heavy atom. The van der Waals surface area contributed by atoms with Gasteiger partial charge in [0.15, 0.2) is 0 Å². The third-order valence-corrected chi connectivity index (χ3v) is 7.40. The molecular formula is C19H29N3O2S2. The Bertz CT molecular complexity index is 636. The van der Waals surface area contributed by atoms with Crippen LogP contribution in [-0.2, 0) is 11.2 Å². The first-order valence-corrected chi connectivity index (χ1v) is 11.8. The molecule has 0 N–H and O–H groups in total. The summed E-state index contributed by atoms with van der Waals surface area (Å²) in [4.78, 5) is 33.9. The highest BCUT2D eigenvalue weighted by Crippen LogP contribution is 2.49. The lowest BCUT2D eigenvalue weighted by Gasteiger charge is -2.24. The number of amides is 2. The van der Waals surface area contributed by atoms with Gasteiger partial charge >= 0.3 is 0 Å². The van der Waals surface area contributed by atoms with Crippen LogP contribution in [0.5, 0.6) is 0 Å². The van der Waals surface area contributed by atoms with Crippen LogP contribution in [0.3, 0.4) is 0 Å². The van der Waals surface area contributed by atoms with Crippen LogP contribution in [0.4, 0.5) is 0 Å². The highest BCUT2D eigenvalue weighted by molar-refractivity contribution is 7.98. The zero-order chi connectivity index (χ0) is 18.7. The first-order chi connectivity index (χ1) is 12.6. The molecule has 7 heteroatoms. The van der Waals surface area contributed by atoms with Crippen molar-refractivity contribution in [2.75, 3.05) is 32.1 Å². The molecule has 1 saturated carbocycles. The van der Waals surface area contributed by atoms with Gasteiger partial charge < -0.3 is 9.80 Å². The van der Waals surface area contributed by atoms with Gasteiger partial charge in [-0.2, -0.15) is 11.8 Å². The summed E-state index contributed by atoms with van der Waals surface area (Å²) in [6.45, 7) is 3.69. The Balaban J connectivity index is 1.42. The van der Waals surface area contributed by atoms with Crippen LogP contribution in [0, 0.1) is 11.8 Å². The van der Waals surface area contributed by atoms with Crippen molar-refractivity contribution in [1.29, 1.82) is 0 Å². The van der Waals surface area contributed by atoms with Gasteiger partial charge in [-0.3, -0.25) is 9.59 Å². The number of rotatable bonds is 9. The zero-order valence-electron chi connectivity index (χ0n) is 15.9. The maximum absolute atomic E-state index is 12.6. The lowest BCUT2D eigenvalue weighted by Crippen LogP contribution is -2.38. The van der Waals surface area contributed by atoms with Crippen molar-refractivity contribution < 1.29 is 9.59 Å². The molecule has 1 aromatic rings. The summed E-state index contributed by atoms with van der Waals surface area (Å²) in [6.07, 6.45) is 8.70. The number of carbonyl (C=O) groups excluding carboxylic acids is 2. The number of hydrogen-bond donors (Lipinski definition) is 0. The number of thiazole rings is 1. The molecule has 1 aliphatic carbocycles. The number of aromatic nitrogens is 1. The lowest BCUT2D eigenvalue weighted by molar-refractivity contribution is -0.130. The number of carbonyl (C=O) groups is 2. The second-order valence-corrected chi connectivity index (χ2v) is 9.41. The number of piperidine rings is 1. The van der Waals surface area contributed by atoms with E-state index in [2.05, 4.69) is 18.2 Å². The van der Waals surface area contributed by atoms with Crippen LogP contribution in [0.1, 0.15) is 47.3 Å². The van der Waals surface area contributed by atoms with Crippen molar-refractivity contribution in [2.45, 2.75) is 45.1 Å². The minimum absolute atomic E-state index is 0.0771. The molecule has 5 nitrogen and oxygen atoms in total. The molecule has 1 saturated heterocycles. The monoisotopic (exact) mass is 395 g/mol. The van der Waals surface area contributed by atoms with E-state index in [9.17, 15) is 9.59 Å². The lowest BCUT2D eigenvalue weighted by atomic mass is 10.2. The number of unbranched alkanes of at least 4 members (excludes halogenated alkanes) is 2. The fourth-order valence-corrected chi connectivity index (χ4v) is 5.35. The molecule has 0 aromatic carbocycles. The molecule has 0 radical (unpaired) electrons. The van der Waals surface area contributed by atoms with Gasteiger partial charge in [-0.1, -0.05) is 13.3 Å². The molecule has 2 aliphatic rings. The number of thioether (sulfide) groups is 1. The zero-order valence-corrected chi connectivity index (χ0v) is 17.6. The van der Waals surface area contributed by atoms with Gasteiger partial charge in [-0.05, 0) is 31.3 Å². The number of likely N-dealkylation sites (tertiary alicyclic amines) is 1. The largest absolute Gasteiger partial charge is 0.342 e. The van der Waals surface area contributed by atoms with Crippen LogP contribution in [0.15, 0.2) is 6.20 Å². The summed E-state index contributed by atoms with van der Waals surface area (Å²) in [5, 5.41) is 1.01. The summed E-state index contributed by atoms with van der Waals surface area (Å²) in [5.41, 5.74) is 0. The van der Waals surface area contributed by atoms with Gasteiger partial charge in [0.25, 0.3) is 5.91 Å². The van der Waals surface area contributed by atoms with Gasteiger partial charge in [0.2, 0.25) is 5.91 Å². The van der Waals surface area contributed by atoms with Gasteiger partial charge in [0, 0.05) is 44.4 Å². The van der Waals surface area contributed by atoms with Crippen LogP contribution in [0.2, 0.25) is 0 Å². The van der Waals surface area contributed by atoms with E-state index < -0.39 is 0 Å². The third kappa shape index (κ3) is 4.25. The average Bonchev–Trinajstić information content (AvgIpc) is 3.03. The predicted octanol–water partition coefficient (Wildman–Crippen LogP) is 3.16. The van der Waals surface area contributed by atoms with E-state index in [4.69, 9.17) is 0 Å². The van der Waals surface area contributed by atoms with Crippen molar-refractivity contribution in [1.82, 2.24) is 14.8 Å². The Labute approximate surface area is 164 Å². The average molecular weight is 396 g/mol. The normalized spacial score (nSPS) is 23.8. The first-order valence-electron chi connectivity index (χ1n) is 9.55. The molecule has 144 valence electrons. The highest BCUT2D eigenvalue weighted by Gasteiger charge is 2.59. The Kier molecular flexibility index (Phi) is 6.61. The maximum Gasteiger partial charge on any atom is 0.265 e. The number of hydrogen-bond acceptors (Lipinski definition) is 5. The van der Waals surface area contributed by atoms with Crippen molar-refractivity contribution in [3.8, 4) is 0 Å². The van der Waals surface area contributed by atoms with E-state index in [1.807, 2.05) is 28.6 Å². The van der Waals surface area contributed by atoms with Crippen LogP contribution in [0.25, 0.3) is 0 Å². The van der Waals surface area contributed by atoms with E-state index >= 15 is 0 Å². The fraction of sp³-hybridized carbons (Fsp3) is 0.737. The Morgan fingerprint density at radius 2 is 2.04 bits per heavy atom. The van der Waals surface area contributed by atoms with Gasteiger partial charge in [0.1, 0.15) is 4.88 Å². The summed E-state index contributed by atoms with van der Waals surface area (Å²) in [7, 11) is 1.90. The van der Waals surface area contributed by atoms with Crippen molar-refractivity contribution in [3.63, 3.8) is 0 Å². The summed E-state index contributed by atoms with van der Waals surface area (Å²) >= 11 is 3.36. The SMILES string of the molecule is CCc1ncc(C(=O)N(C)C2[C@H]3CN(C(=O)CCCCCSC)C[C@@H]23)s1. The standard InChI is InChI=1S/C19H29N3O2S2/c1-4-16-20-10-15(26-16)19(24)21(2)18-13-11-22(12-14(13)18)17(23)8-6-5-7-9-25-3/h10,13-14,18H,4-9,11-12H2,1-3H3/t13-,14+,18?. The Hall–Kier alpha value is -1.08. The van der Waals surface area contributed by atoms with E-state index in [0.717, 1.165) is 42.2 Å². The molecule has 2 fully saturated rings.